The quantitative estimate of drug-likeness (QED) is 0.674. The Labute approximate surface area is 113 Å². The molecule has 0 spiro atoms. The Morgan fingerprint density at radius 1 is 1.42 bits per heavy atom. The fourth-order valence-electron chi connectivity index (χ4n) is 2.73. The number of aromatic nitrogens is 2. The van der Waals surface area contributed by atoms with Crippen molar-refractivity contribution in [3.8, 4) is 0 Å². The predicted molar refractivity (Wildman–Crippen MR) is 72.6 cm³/mol. The molecule has 0 aliphatic heterocycles. The van der Waals surface area contributed by atoms with E-state index in [2.05, 4.69) is 10.3 Å². The summed E-state index contributed by atoms with van der Waals surface area (Å²) < 4.78 is 1.56. The van der Waals surface area contributed by atoms with Crippen LogP contribution in [0.3, 0.4) is 0 Å². The van der Waals surface area contributed by atoms with E-state index in [-0.39, 0.29) is 10.7 Å². The Kier molecular flexibility index (Phi) is 2.32. The number of nitrogens with zero attached hydrogens (tertiary/aromatic N) is 3. The molecule has 19 heavy (non-hydrogen) atoms. The molecule has 4 rings (SSSR count). The van der Waals surface area contributed by atoms with Crippen LogP contribution < -0.4 is 5.32 Å². The number of nitrogens with one attached hydrogen (secondary N) is 1. The third kappa shape index (κ3) is 1.88. The average molecular weight is 278 g/mol. The van der Waals surface area contributed by atoms with Gasteiger partial charge in [0.05, 0.1) is 0 Å². The molecule has 2 heterocycles. The number of thiazole rings is 1. The highest BCUT2D eigenvalue weighted by Crippen LogP contribution is 2.46. The van der Waals surface area contributed by atoms with Gasteiger partial charge in [-0.25, -0.2) is 0 Å². The summed E-state index contributed by atoms with van der Waals surface area (Å²) in [5.41, 5.74) is 0. The molecule has 0 bridgehead atoms. The zero-order chi connectivity index (χ0) is 13.0. The molecule has 2 aliphatic carbocycles. The van der Waals surface area contributed by atoms with E-state index >= 15 is 0 Å². The van der Waals surface area contributed by atoms with E-state index in [0.717, 1.165) is 0 Å². The predicted octanol–water partition coefficient (Wildman–Crippen LogP) is 2.90. The van der Waals surface area contributed by atoms with Gasteiger partial charge in [-0.1, -0.05) is 11.3 Å². The zero-order valence-corrected chi connectivity index (χ0v) is 11.1. The Morgan fingerprint density at radius 3 is 2.68 bits per heavy atom. The van der Waals surface area contributed by atoms with E-state index in [1.807, 2.05) is 5.38 Å². The fourth-order valence-corrected chi connectivity index (χ4v) is 3.44. The minimum Gasteiger partial charge on any atom is -0.360 e. The molecular formula is C12H14N4O2S. The van der Waals surface area contributed by atoms with E-state index in [4.69, 9.17) is 0 Å². The third-order valence-electron chi connectivity index (χ3n) is 3.97. The highest BCUT2D eigenvalue weighted by molar-refractivity contribution is 7.15. The van der Waals surface area contributed by atoms with Gasteiger partial charge in [0.25, 0.3) is 4.96 Å². The molecule has 0 atom stereocenters. The second kappa shape index (κ2) is 3.93. The van der Waals surface area contributed by atoms with Crippen molar-refractivity contribution >= 4 is 27.9 Å². The van der Waals surface area contributed by atoms with Crippen molar-refractivity contribution in [2.24, 2.45) is 11.8 Å². The molecule has 2 saturated carbocycles. The maximum atomic E-state index is 11.3. The van der Waals surface area contributed by atoms with Crippen LogP contribution in [0, 0.1) is 22.0 Å². The second-order valence-electron chi connectivity index (χ2n) is 5.44. The Bertz CT molecular complexity index is 629. The summed E-state index contributed by atoms with van der Waals surface area (Å²) in [5, 5.41) is 16.4. The van der Waals surface area contributed by atoms with Crippen molar-refractivity contribution in [3.63, 3.8) is 0 Å². The number of hydrogen-bond donors (Lipinski definition) is 1. The lowest BCUT2D eigenvalue weighted by Crippen LogP contribution is -2.24. The van der Waals surface area contributed by atoms with Gasteiger partial charge in [-0.3, -0.25) is 0 Å². The summed E-state index contributed by atoms with van der Waals surface area (Å²) in [6.45, 7) is 0. The van der Waals surface area contributed by atoms with Crippen molar-refractivity contribution in [1.82, 2.24) is 9.38 Å². The van der Waals surface area contributed by atoms with E-state index in [0.29, 0.717) is 28.7 Å². The van der Waals surface area contributed by atoms with Crippen LogP contribution in [-0.2, 0) is 0 Å². The first-order valence-electron chi connectivity index (χ1n) is 6.60. The van der Waals surface area contributed by atoms with Gasteiger partial charge in [-0.2, -0.15) is 9.38 Å². The molecule has 0 radical (unpaired) electrons. The van der Waals surface area contributed by atoms with Crippen molar-refractivity contribution in [3.05, 3.63) is 21.7 Å². The molecule has 0 aromatic carbocycles. The summed E-state index contributed by atoms with van der Waals surface area (Å²) in [6.07, 6.45) is 6.67. The summed E-state index contributed by atoms with van der Waals surface area (Å²) in [6, 6.07) is 0.378. The Hall–Kier alpha value is -1.63. The zero-order valence-electron chi connectivity index (χ0n) is 10.3. The number of rotatable bonds is 5. The van der Waals surface area contributed by atoms with Crippen LogP contribution in [0.15, 0.2) is 11.6 Å². The van der Waals surface area contributed by atoms with E-state index in [1.54, 1.807) is 10.6 Å². The lowest BCUT2D eigenvalue weighted by Gasteiger charge is -2.16. The molecule has 2 aromatic rings. The van der Waals surface area contributed by atoms with Gasteiger partial charge in [-0.15, -0.1) is 0 Å². The minimum absolute atomic E-state index is 0.0718. The van der Waals surface area contributed by atoms with Crippen molar-refractivity contribution < 1.29 is 4.92 Å². The van der Waals surface area contributed by atoms with Crippen LogP contribution in [0.2, 0.25) is 0 Å². The number of imidazole rings is 1. The topological polar surface area (TPSA) is 72.5 Å². The van der Waals surface area contributed by atoms with E-state index in [9.17, 15) is 10.1 Å². The molecule has 2 aliphatic rings. The van der Waals surface area contributed by atoms with Crippen molar-refractivity contribution in [2.45, 2.75) is 31.7 Å². The number of nitro groups is 1. The van der Waals surface area contributed by atoms with E-state index < -0.39 is 0 Å². The molecule has 1 N–H and O–H groups in total. The van der Waals surface area contributed by atoms with Gasteiger partial charge in [0, 0.05) is 11.4 Å². The maximum Gasteiger partial charge on any atom is 0.372 e. The summed E-state index contributed by atoms with van der Waals surface area (Å²) in [7, 11) is 0. The van der Waals surface area contributed by atoms with Crippen molar-refractivity contribution in [1.29, 1.82) is 0 Å². The normalized spacial score (nSPS) is 19.2. The third-order valence-corrected chi connectivity index (χ3v) is 4.73. The SMILES string of the molecule is O=[N+]([O-])c1c(NC(C2CC2)C2CC2)nc2sccn12. The highest BCUT2D eigenvalue weighted by Gasteiger charge is 2.42. The van der Waals surface area contributed by atoms with Crippen LogP contribution in [0.1, 0.15) is 25.7 Å². The Balaban J connectivity index is 1.70. The molecule has 2 aromatic heterocycles. The molecule has 0 amide bonds. The first-order chi connectivity index (χ1) is 9.24. The van der Waals surface area contributed by atoms with Gasteiger partial charge in [-0.05, 0) is 42.4 Å². The summed E-state index contributed by atoms with van der Waals surface area (Å²) in [4.78, 5) is 16.0. The molecule has 7 heteroatoms. The van der Waals surface area contributed by atoms with Gasteiger partial charge in [0.15, 0.2) is 0 Å². The van der Waals surface area contributed by atoms with Crippen LogP contribution in [0.4, 0.5) is 11.6 Å². The van der Waals surface area contributed by atoms with E-state index in [1.165, 1.54) is 37.0 Å². The van der Waals surface area contributed by atoms with Crippen molar-refractivity contribution in [2.75, 3.05) is 5.32 Å². The van der Waals surface area contributed by atoms with Crippen LogP contribution >= 0.6 is 11.3 Å². The largest absolute Gasteiger partial charge is 0.372 e. The Morgan fingerprint density at radius 2 is 2.11 bits per heavy atom. The minimum atomic E-state index is -0.341. The number of fused-ring (bicyclic) bond motifs is 1. The summed E-state index contributed by atoms with van der Waals surface area (Å²) >= 11 is 1.42. The van der Waals surface area contributed by atoms with Crippen LogP contribution in [0.5, 0.6) is 0 Å². The molecule has 2 fully saturated rings. The number of anilines is 1. The standard InChI is InChI=1S/C12H14N4O2S/c17-16(18)11-10(14-12-15(11)5-6-19-12)13-9(7-1-2-7)8-3-4-8/h5-9,13H,1-4H2. The van der Waals surface area contributed by atoms with Gasteiger partial charge in [0.1, 0.15) is 6.20 Å². The van der Waals surface area contributed by atoms with Gasteiger partial charge in [0.2, 0.25) is 5.82 Å². The smallest absolute Gasteiger partial charge is 0.360 e. The molecule has 6 nitrogen and oxygen atoms in total. The number of hydrogen-bond acceptors (Lipinski definition) is 5. The summed E-state index contributed by atoms with van der Waals surface area (Å²) in [5.74, 6) is 1.89. The lowest BCUT2D eigenvalue weighted by atomic mass is 10.1. The lowest BCUT2D eigenvalue weighted by molar-refractivity contribution is -0.389. The average Bonchev–Trinajstić information content (AvgIpc) is 3.26. The molecule has 100 valence electrons. The van der Waals surface area contributed by atoms with Crippen LogP contribution in [-0.4, -0.2) is 20.3 Å². The first kappa shape index (κ1) is 11.2. The van der Waals surface area contributed by atoms with Gasteiger partial charge >= 0.3 is 5.82 Å². The van der Waals surface area contributed by atoms with Gasteiger partial charge < -0.3 is 15.4 Å². The molecule has 0 saturated heterocycles. The highest BCUT2D eigenvalue weighted by atomic mass is 32.1. The molecule has 0 unspecified atom stereocenters. The fraction of sp³-hybridized carbons (Fsp3) is 0.583. The first-order valence-corrected chi connectivity index (χ1v) is 7.48. The van der Waals surface area contributed by atoms with Crippen LogP contribution in [0.25, 0.3) is 4.96 Å². The maximum absolute atomic E-state index is 11.3. The molecular weight excluding hydrogens is 264 g/mol. The second-order valence-corrected chi connectivity index (χ2v) is 6.31. The monoisotopic (exact) mass is 278 g/mol.